The summed E-state index contributed by atoms with van der Waals surface area (Å²) in [5, 5.41) is 36.3. The SMILES string of the molecule is CC[C@H]1OC(=O)[C@H](C)[C@@H](C)[C@H](C)[C@@H](C)[C@](C)(O)C[C@@H](C)CN[C@H](C)[C@@H](O)[C@]1(C)O. The van der Waals surface area contributed by atoms with Gasteiger partial charge in [-0.2, -0.15) is 0 Å². The van der Waals surface area contributed by atoms with Crippen molar-refractivity contribution in [2.45, 2.75) is 105 Å². The molecule has 0 radical (unpaired) electrons. The van der Waals surface area contributed by atoms with E-state index in [2.05, 4.69) is 19.2 Å². The average molecular weight is 416 g/mol. The van der Waals surface area contributed by atoms with E-state index < -0.39 is 29.5 Å². The Morgan fingerprint density at radius 3 is 2.14 bits per heavy atom. The highest BCUT2D eigenvalue weighted by atomic mass is 16.6. The third-order valence-electron chi connectivity index (χ3n) is 7.66. The number of carbonyl (C=O) groups is 1. The Labute approximate surface area is 177 Å². The quantitative estimate of drug-likeness (QED) is 0.492. The lowest BCUT2D eigenvalue weighted by atomic mass is 9.70. The van der Waals surface area contributed by atoms with Crippen molar-refractivity contribution < 1.29 is 24.9 Å². The van der Waals surface area contributed by atoms with E-state index in [0.29, 0.717) is 19.4 Å². The highest BCUT2D eigenvalue weighted by Gasteiger charge is 2.45. The van der Waals surface area contributed by atoms with Gasteiger partial charge in [0.2, 0.25) is 0 Å². The lowest BCUT2D eigenvalue weighted by Gasteiger charge is -2.40. The van der Waals surface area contributed by atoms with Crippen LogP contribution in [0.1, 0.15) is 75.2 Å². The van der Waals surface area contributed by atoms with Crippen molar-refractivity contribution in [1.29, 1.82) is 0 Å². The molecule has 0 unspecified atom stereocenters. The topological polar surface area (TPSA) is 99.0 Å². The Hall–Kier alpha value is -0.690. The lowest BCUT2D eigenvalue weighted by molar-refractivity contribution is -0.187. The minimum absolute atomic E-state index is 0.00571. The minimum atomic E-state index is -1.58. The molecular formula is C23H45NO5. The molecule has 172 valence electrons. The fourth-order valence-corrected chi connectivity index (χ4v) is 4.71. The molecule has 6 heteroatoms. The Bertz CT molecular complexity index is 535. The first-order valence-corrected chi connectivity index (χ1v) is 11.2. The summed E-state index contributed by atoms with van der Waals surface area (Å²) >= 11 is 0. The third-order valence-corrected chi connectivity index (χ3v) is 7.66. The van der Waals surface area contributed by atoms with Gasteiger partial charge in [-0.1, -0.05) is 41.5 Å². The summed E-state index contributed by atoms with van der Waals surface area (Å²) in [6, 6.07) is -0.400. The van der Waals surface area contributed by atoms with Crippen LogP contribution in [0.15, 0.2) is 0 Å². The Morgan fingerprint density at radius 1 is 1.07 bits per heavy atom. The van der Waals surface area contributed by atoms with Gasteiger partial charge in [-0.15, -0.1) is 0 Å². The number of aliphatic hydroxyl groups excluding tert-OH is 1. The molecule has 6 nitrogen and oxygen atoms in total. The van der Waals surface area contributed by atoms with Gasteiger partial charge in [-0.3, -0.25) is 4.79 Å². The van der Waals surface area contributed by atoms with Crippen LogP contribution in [0.5, 0.6) is 0 Å². The highest BCUT2D eigenvalue weighted by molar-refractivity contribution is 5.72. The largest absolute Gasteiger partial charge is 0.459 e. The summed E-state index contributed by atoms with van der Waals surface area (Å²) in [7, 11) is 0. The Morgan fingerprint density at radius 2 is 1.62 bits per heavy atom. The molecule has 0 aromatic rings. The summed E-state index contributed by atoms with van der Waals surface area (Å²) in [6.07, 6.45) is -0.903. The second-order valence-corrected chi connectivity index (χ2v) is 10.2. The molecular weight excluding hydrogens is 370 g/mol. The van der Waals surface area contributed by atoms with Crippen LogP contribution in [-0.2, 0) is 9.53 Å². The van der Waals surface area contributed by atoms with Gasteiger partial charge in [0.05, 0.1) is 11.5 Å². The zero-order valence-electron chi connectivity index (χ0n) is 19.9. The minimum Gasteiger partial charge on any atom is -0.459 e. The van der Waals surface area contributed by atoms with E-state index in [1.807, 2.05) is 41.5 Å². The van der Waals surface area contributed by atoms with Gasteiger partial charge in [0.25, 0.3) is 0 Å². The van der Waals surface area contributed by atoms with Crippen LogP contribution in [0.2, 0.25) is 0 Å². The van der Waals surface area contributed by atoms with Crippen molar-refractivity contribution in [1.82, 2.24) is 5.32 Å². The van der Waals surface area contributed by atoms with Crippen LogP contribution in [0.3, 0.4) is 0 Å². The van der Waals surface area contributed by atoms with E-state index in [9.17, 15) is 20.1 Å². The molecule has 4 N–H and O–H groups in total. The molecule has 1 aliphatic heterocycles. The number of hydrogen-bond acceptors (Lipinski definition) is 6. The molecule has 0 saturated carbocycles. The predicted molar refractivity (Wildman–Crippen MR) is 115 cm³/mol. The molecule has 1 fully saturated rings. The van der Waals surface area contributed by atoms with E-state index in [-0.39, 0.29) is 35.6 Å². The van der Waals surface area contributed by atoms with Crippen molar-refractivity contribution >= 4 is 5.97 Å². The molecule has 1 saturated heterocycles. The fraction of sp³-hybridized carbons (Fsp3) is 0.957. The average Bonchev–Trinajstić information content (AvgIpc) is 2.65. The molecule has 0 amide bonds. The van der Waals surface area contributed by atoms with Gasteiger partial charge in [0, 0.05) is 6.04 Å². The van der Waals surface area contributed by atoms with E-state index >= 15 is 0 Å². The summed E-state index contributed by atoms with van der Waals surface area (Å²) in [4.78, 5) is 12.9. The number of carbonyl (C=O) groups excluding carboxylic acids is 1. The summed E-state index contributed by atoms with van der Waals surface area (Å²) in [5.74, 6) is -0.495. The van der Waals surface area contributed by atoms with Crippen molar-refractivity contribution in [2.24, 2.45) is 29.6 Å². The molecule has 0 aromatic heterocycles. The maximum atomic E-state index is 12.9. The number of nitrogens with one attached hydrogen (secondary N) is 1. The van der Waals surface area contributed by atoms with Gasteiger partial charge >= 0.3 is 5.97 Å². The molecule has 1 rings (SSSR count). The molecule has 0 spiro atoms. The third kappa shape index (κ3) is 6.16. The normalized spacial score (nSPS) is 49.0. The smallest absolute Gasteiger partial charge is 0.309 e. The van der Waals surface area contributed by atoms with Gasteiger partial charge in [-0.25, -0.2) is 0 Å². The molecule has 1 aliphatic rings. The fourth-order valence-electron chi connectivity index (χ4n) is 4.71. The predicted octanol–water partition coefficient (Wildman–Crippen LogP) is 2.73. The molecule has 0 bridgehead atoms. The standard InChI is InChI=1S/C23H45NO5/c1-10-19-23(9,28)20(25)18(7)24-12-13(2)11-22(8,27)17(6)15(4)14(3)16(5)21(26)29-19/h13-20,24-25,27-28H,10-12H2,1-9H3/t13-,14+,15+,16-,17-,18-,19-,20-,22-,23-/m1/s1. The van der Waals surface area contributed by atoms with Crippen molar-refractivity contribution in [3.8, 4) is 0 Å². The number of aliphatic hydroxyl groups is 3. The number of esters is 1. The van der Waals surface area contributed by atoms with Crippen molar-refractivity contribution in [3.05, 3.63) is 0 Å². The highest BCUT2D eigenvalue weighted by Crippen LogP contribution is 2.37. The van der Waals surface area contributed by atoms with Gasteiger partial charge < -0.3 is 25.4 Å². The first kappa shape index (κ1) is 26.3. The monoisotopic (exact) mass is 415 g/mol. The molecule has 10 atom stereocenters. The second-order valence-electron chi connectivity index (χ2n) is 10.2. The van der Waals surface area contributed by atoms with E-state index in [0.717, 1.165) is 0 Å². The zero-order valence-corrected chi connectivity index (χ0v) is 19.9. The van der Waals surface area contributed by atoms with Crippen LogP contribution in [0.4, 0.5) is 0 Å². The summed E-state index contributed by atoms with van der Waals surface area (Å²) in [5.41, 5.74) is -2.45. The molecule has 0 aromatic carbocycles. The number of cyclic esters (lactones) is 1. The molecule has 29 heavy (non-hydrogen) atoms. The maximum Gasteiger partial charge on any atom is 0.309 e. The second kappa shape index (κ2) is 10.1. The zero-order chi connectivity index (χ0) is 22.7. The van der Waals surface area contributed by atoms with Gasteiger partial charge in [0.1, 0.15) is 17.8 Å². The number of hydrogen-bond donors (Lipinski definition) is 4. The summed E-state index contributed by atoms with van der Waals surface area (Å²) < 4.78 is 5.71. The van der Waals surface area contributed by atoms with Crippen LogP contribution in [-0.4, -0.2) is 57.3 Å². The summed E-state index contributed by atoms with van der Waals surface area (Å²) in [6.45, 7) is 17.7. The van der Waals surface area contributed by atoms with Crippen LogP contribution < -0.4 is 5.32 Å². The molecule has 1 heterocycles. The van der Waals surface area contributed by atoms with E-state index in [4.69, 9.17) is 4.74 Å². The lowest BCUT2D eigenvalue weighted by Crippen LogP contribution is -2.58. The van der Waals surface area contributed by atoms with E-state index in [1.165, 1.54) is 6.92 Å². The van der Waals surface area contributed by atoms with Crippen LogP contribution in [0.25, 0.3) is 0 Å². The van der Waals surface area contributed by atoms with Gasteiger partial charge in [-0.05, 0) is 63.8 Å². The van der Waals surface area contributed by atoms with Crippen LogP contribution >= 0.6 is 0 Å². The van der Waals surface area contributed by atoms with Gasteiger partial charge in [0.15, 0.2) is 0 Å². The van der Waals surface area contributed by atoms with Crippen LogP contribution in [0, 0.1) is 29.6 Å². The first-order valence-electron chi connectivity index (χ1n) is 11.2. The van der Waals surface area contributed by atoms with Crippen molar-refractivity contribution in [2.75, 3.05) is 6.54 Å². The Balaban J connectivity index is 3.28. The van der Waals surface area contributed by atoms with Crippen molar-refractivity contribution in [3.63, 3.8) is 0 Å². The Kier molecular flexibility index (Phi) is 9.16. The van der Waals surface area contributed by atoms with E-state index in [1.54, 1.807) is 0 Å². The number of ether oxygens (including phenoxy) is 1. The first-order chi connectivity index (χ1) is 13.2. The number of rotatable bonds is 1. The molecule has 0 aliphatic carbocycles. The maximum absolute atomic E-state index is 12.9.